The number of aliphatic hydroxyl groups is 1. The van der Waals surface area contributed by atoms with Gasteiger partial charge in [-0.15, -0.1) is 0 Å². The zero-order chi connectivity index (χ0) is 37.5. The van der Waals surface area contributed by atoms with E-state index in [9.17, 15) is 18.3 Å². The fourth-order valence-corrected chi connectivity index (χ4v) is 9.06. The number of hydrogen-bond acceptors (Lipinski definition) is 8. The van der Waals surface area contributed by atoms with Crippen molar-refractivity contribution in [1.29, 1.82) is 0 Å². The van der Waals surface area contributed by atoms with Gasteiger partial charge in [0, 0.05) is 36.8 Å². The molecule has 0 radical (unpaired) electrons. The van der Waals surface area contributed by atoms with E-state index < -0.39 is 28.3 Å². The lowest BCUT2D eigenvalue weighted by Crippen LogP contribution is -2.45. The second kappa shape index (κ2) is 17.7. The minimum Gasteiger partial charge on any atom is -0.392 e. The molecule has 3 aliphatic rings. The summed E-state index contributed by atoms with van der Waals surface area (Å²) >= 11 is 0. The van der Waals surface area contributed by atoms with E-state index in [1.54, 1.807) is 36.4 Å². The van der Waals surface area contributed by atoms with Gasteiger partial charge >= 0.3 is 0 Å². The van der Waals surface area contributed by atoms with Crippen molar-refractivity contribution in [2.45, 2.75) is 87.5 Å². The van der Waals surface area contributed by atoms with Crippen LogP contribution < -0.4 is 10.0 Å². The number of carbonyl (C=O) groups is 1. The predicted octanol–water partition coefficient (Wildman–Crippen LogP) is 6.12. The maximum absolute atomic E-state index is 13.7. The highest BCUT2D eigenvalue weighted by atomic mass is 32.2. The lowest BCUT2D eigenvalue weighted by Gasteiger charge is -2.39. The van der Waals surface area contributed by atoms with E-state index in [4.69, 9.17) is 9.47 Å². The van der Waals surface area contributed by atoms with Gasteiger partial charge in [0.05, 0.1) is 23.7 Å². The number of anilines is 1. The molecule has 54 heavy (non-hydrogen) atoms. The summed E-state index contributed by atoms with van der Waals surface area (Å²) in [5, 5.41) is 12.6. The van der Waals surface area contributed by atoms with Gasteiger partial charge in [-0.2, -0.15) is 4.72 Å². The Morgan fingerprint density at radius 1 is 0.815 bits per heavy atom. The molecule has 5 unspecified atom stereocenters. The number of rotatable bonds is 14. The van der Waals surface area contributed by atoms with Crippen LogP contribution in [0.15, 0.2) is 108 Å². The molecule has 4 aromatic rings. The third-order valence-electron chi connectivity index (χ3n) is 10.9. The lowest BCUT2D eigenvalue weighted by atomic mass is 9.99. The standard InChI is InChI=1S/C43H52N4O6S/c1-31-11-21-39(22-12-31)54(50,51)45-40(26-32-8-3-2-4-9-32)42(49)44-36-19-17-35(18-20-36)43-52-38(27-41(53-43)34-15-13-33(30-48)14-16-34)29-47-25-7-10-37(47)28-46-23-5-6-24-46/h2-4,8-9,11-22,37-38,40-41,43,45,48H,5-7,10,23-30H2,1H3,(H,44,49). The van der Waals surface area contributed by atoms with E-state index in [0.717, 1.165) is 53.9 Å². The van der Waals surface area contributed by atoms with Crippen molar-refractivity contribution < 1.29 is 27.8 Å². The summed E-state index contributed by atoms with van der Waals surface area (Å²) in [5.41, 5.74) is 5.02. The number of benzene rings is 4. The van der Waals surface area contributed by atoms with Crippen molar-refractivity contribution in [1.82, 2.24) is 14.5 Å². The molecule has 0 saturated carbocycles. The van der Waals surface area contributed by atoms with Gasteiger partial charge in [0.15, 0.2) is 6.29 Å². The van der Waals surface area contributed by atoms with Crippen LogP contribution >= 0.6 is 0 Å². The first-order valence-corrected chi connectivity index (χ1v) is 20.7. The van der Waals surface area contributed by atoms with Gasteiger partial charge in [-0.3, -0.25) is 9.69 Å². The average molecular weight is 753 g/mol. The Morgan fingerprint density at radius 3 is 2.22 bits per heavy atom. The van der Waals surface area contributed by atoms with E-state index in [0.29, 0.717) is 11.7 Å². The molecule has 10 nitrogen and oxygen atoms in total. The molecule has 0 spiro atoms. The van der Waals surface area contributed by atoms with Crippen molar-refractivity contribution >= 4 is 21.6 Å². The Hall–Kier alpha value is -3.94. The lowest BCUT2D eigenvalue weighted by molar-refractivity contribution is -0.253. The van der Waals surface area contributed by atoms with Crippen LogP contribution in [0.1, 0.15) is 72.3 Å². The van der Waals surface area contributed by atoms with Crippen molar-refractivity contribution in [2.24, 2.45) is 0 Å². The number of aryl methyl sites for hydroxylation is 1. The number of amides is 1. The number of sulfonamides is 1. The molecule has 3 heterocycles. The summed E-state index contributed by atoms with van der Waals surface area (Å²) in [6.45, 7) is 7.28. The number of hydrogen-bond donors (Lipinski definition) is 3. The Morgan fingerprint density at radius 2 is 1.52 bits per heavy atom. The predicted molar refractivity (Wildman–Crippen MR) is 209 cm³/mol. The number of likely N-dealkylation sites (tertiary alicyclic amines) is 2. The van der Waals surface area contributed by atoms with E-state index >= 15 is 0 Å². The summed E-state index contributed by atoms with van der Waals surface area (Å²) in [7, 11) is -3.97. The number of nitrogens with one attached hydrogen (secondary N) is 2. The average Bonchev–Trinajstić information content (AvgIpc) is 3.87. The fraction of sp³-hybridized carbons (Fsp3) is 0.419. The number of nitrogens with zero attached hydrogens (tertiary/aromatic N) is 2. The first kappa shape index (κ1) is 38.3. The largest absolute Gasteiger partial charge is 0.392 e. The van der Waals surface area contributed by atoms with Crippen LogP contribution in [0.2, 0.25) is 0 Å². The fourth-order valence-electron chi connectivity index (χ4n) is 7.86. The van der Waals surface area contributed by atoms with Crippen molar-refractivity contribution in [3.63, 3.8) is 0 Å². The first-order chi connectivity index (χ1) is 26.2. The molecule has 0 aromatic heterocycles. The van der Waals surface area contributed by atoms with Crippen LogP contribution in [0.3, 0.4) is 0 Å². The van der Waals surface area contributed by atoms with Crippen LogP contribution in [0.4, 0.5) is 5.69 Å². The summed E-state index contributed by atoms with van der Waals surface area (Å²) in [4.78, 5) is 19.1. The Kier molecular flexibility index (Phi) is 12.6. The van der Waals surface area contributed by atoms with Crippen LogP contribution in [-0.4, -0.2) is 80.1 Å². The molecule has 11 heteroatoms. The van der Waals surface area contributed by atoms with Crippen LogP contribution in [0, 0.1) is 6.92 Å². The number of aliphatic hydroxyl groups excluding tert-OH is 1. The molecule has 0 bridgehead atoms. The van der Waals surface area contributed by atoms with E-state index in [-0.39, 0.29) is 30.1 Å². The molecule has 3 N–H and O–H groups in total. The van der Waals surface area contributed by atoms with Gasteiger partial charge in [0.1, 0.15) is 6.04 Å². The van der Waals surface area contributed by atoms with Gasteiger partial charge in [-0.25, -0.2) is 8.42 Å². The van der Waals surface area contributed by atoms with Gasteiger partial charge in [-0.05, 0) is 99.6 Å². The molecule has 3 saturated heterocycles. The molecule has 286 valence electrons. The van der Waals surface area contributed by atoms with Gasteiger partial charge in [0.25, 0.3) is 0 Å². The van der Waals surface area contributed by atoms with Gasteiger partial charge in [-0.1, -0.05) is 84.4 Å². The zero-order valence-corrected chi connectivity index (χ0v) is 31.8. The Balaban J connectivity index is 1.06. The third-order valence-corrected chi connectivity index (χ3v) is 12.4. The minimum atomic E-state index is -3.97. The molecular formula is C43H52N4O6S. The van der Waals surface area contributed by atoms with Crippen LogP contribution in [-0.2, 0) is 37.3 Å². The highest BCUT2D eigenvalue weighted by Crippen LogP contribution is 2.39. The third kappa shape index (κ3) is 9.83. The van der Waals surface area contributed by atoms with Crippen LogP contribution in [0.5, 0.6) is 0 Å². The normalized spacial score (nSPS) is 23.0. The maximum atomic E-state index is 13.7. The van der Waals surface area contributed by atoms with E-state index in [2.05, 4.69) is 19.8 Å². The van der Waals surface area contributed by atoms with E-state index in [1.165, 1.54) is 38.8 Å². The molecule has 5 atom stereocenters. The number of carbonyl (C=O) groups excluding carboxylic acids is 1. The molecule has 3 aliphatic heterocycles. The zero-order valence-electron chi connectivity index (χ0n) is 31.0. The maximum Gasteiger partial charge on any atom is 0.242 e. The summed E-state index contributed by atoms with van der Waals surface area (Å²) in [6.07, 6.45) is 5.02. The monoisotopic (exact) mass is 752 g/mol. The SMILES string of the molecule is Cc1ccc(S(=O)(=O)NC(Cc2ccccc2)C(=O)Nc2ccc(C3OC(CN4CCCC4CN4CCCC4)CC(c4ccc(CO)cc4)O3)cc2)cc1. The van der Waals surface area contributed by atoms with Crippen molar-refractivity contribution in [3.05, 3.63) is 131 Å². The van der Waals surface area contributed by atoms with Crippen molar-refractivity contribution in [2.75, 3.05) is 38.0 Å². The van der Waals surface area contributed by atoms with E-state index in [1.807, 2.05) is 73.7 Å². The second-order valence-corrected chi connectivity index (χ2v) is 16.7. The topological polar surface area (TPSA) is 120 Å². The highest BCUT2D eigenvalue weighted by Gasteiger charge is 2.36. The minimum absolute atomic E-state index is 0.0119. The molecular weight excluding hydrogens is 701 g/mol. The molecule has 0 aliphatic carbocycles. The summed E-state index contributed by atoms with van der Waals surface area (Å²) < 4.78 is 42.7. The second-order valence-electron chi connectivity index (χ2n) is 14.9. The highest BCUT2D eigenvalue weighted by molar-refractivity contribution is 7.89. The molecule has 1 amide bonds. The molecule has 7 rings (SSSR count). The Labute approximate surface area is 319 Å². The van der Waals surface area contributed by atoms with Crippen molar-refractivity contribution in [3.8, 4) is 0 Å². The van der Waals surface area contributed by atoms with Gasteiger partial charge in [0.2, 0.25) is 15.9 Å². The summed E-state index contributed by atoms with van der Waals surface area (Å²) in [6, 6.07) is 30.7. The van der Waals surface area contributed by atoms with Gasteiger partial charge < -0.3 is 24.8 Å². The molecule has 3 fully saturated rings. The number of ether oxygens (including phenoxy) is 2. The first-order valence-electron chi connectivity index (χ1n) is 19.2. The van der Waals surface area contributed by atoms with Crippen LogP contribution in [0.25, 0.3) is 0 Å². The summed E-state index contributed by atoms with van der Waals surface area (Å²) in [5.74, 6) is -0.465. The smallest absolute Gasteiger partial charge is 0.242 e. The molecule has 4 aromatic carbocycles. The Bertz CT molecular complexity index is 1920. The quantitative estimate of drug-likeness (QED) is 0.141.